The van der Waals surface area contributed by atoms with E-state index in [1.165, 1.54) is 0 Å². The minimum absolute atomic E-state index is 0.403. The molecule has 7 heteroatoms. The number of alkyl halides is 1. The number of benzene rings is 1. The van der Waals surface area contributed by atoms with Crippen LogP contribution in [-0.4, -0.2) is 34.0 Å². The number of methoxy groups -OCH3 is 1. The third-order valence-corrected chi connectivity index (χ3v) is 3.74. The SMILES string of the molecule is COCCOCc1cccc(NS(=O)(=O)CCl)c1. The van der Waals surface area contributed by atoms with Crippen LogP contribution in [0.4, 0.5) is 5.69 Å². The minimum atomic E-state index is -3.46. The number of anilines is 1. The highest BCUT2D eigenvalue weighted by Crippen LogP contribution is 2.13. The van der Waals surface area contributed by atoms with E-state index in [4.69, 9.17) is 21.1 Å². The maximum absolute atomic E-state index is 11.3. The fourth-order valence-electron chi connectivity index (χ4n) is 1.26. The fraction of sp³-hybridized carbons (Fsp3) is 0.455. The van der Waals surface area contributed by atoms with E-state index in [0.717, 1.165) is 5.56 Å². The quantitative estimate of drug-likeness (QED) is 0.586. The highest BCUT2D eigenvalue weighted by molar-refractivity contribution is 7.93. The number of halogens is 1. The average Bonchev–Trinajstić information content (AvgIpc) is 2.35. The van der Waals surface area contributed by atoms with Crippen molar-refractivity contribution in [2.75, 3.05) is 30.3 Å². The van der Waals surface area contributed by atoms with Crippen molar-refractivity contribution in [3.05, 3.63) is 29.8 Å². The normalized spacial score (nSPS) is 11.4. The van der Waals surface area contributed by atoms with E-state index in [2.05, 4.69) is 4.72 Å². The zero-order valence-electron chi connectivity index (χ0n) is 10.1. The molecular formula is C11H16ClNO4S. The van der Waals surface area contributed by atoms with Gasteiger partial charge in [-0.1, -0.05) is 12.1 Å². The highest BCUT2D eigenvalue weighted by Gasteiger charge is 2.07. The molecule has 0 heterocycles. The van der Waals surface area contributed by atoms with Gasteiger partial charge < -0.3 is 9.47 Å². The molecule has 0 aliphatic carbocycles. The molecule has 0 fully saturated rings. The minimum Gasteiger partial charge on any atom is -0.382 e. The van der Waals surface area contributed by atoms with Gasteiger partial charge in [0.05, 0.1) is 19.8 Å². The Morgan fingerprint density at radius 2 is 2.11 bits per heavy atom. The van der Waals surface area contributed by atoms with Crippen LogP contribution in [0.2, 0.25) is 0 Å². The lowest BCUT2D eigenvalue weighted by Gasteiger charge is -2.08. The first-order valence-electron chi connectivity index (χ1n) is 5.29. The van der Waals surface area contributed by atoms with Crippen LogP contribution in [0.5, 0.6) is 0 Å². The predicted octanol–water partition coefficient (Wildman–Crippen LogP) is 1.79. The molecule has 0 saturated heterocycles. The Hall–Kier alpha value is -0.820. The molecule has 0 radical (unpaired) electrons. The third kappa shape index (κ3) is 5.68. The Morgan fingerprint density at radius 3 is 2.78 bits per heavy atom. The van der Waals surface area contributed by atoms with Gasteiger partial charge in [0.2, 0.25) is 10.0 Å². The number of nitrogens with one attached hydrogen (secondary N) is 1. The molecule has 18 heavy (non-hydrogen) atoms. The van der Waals surface area contributed by atoms with Gasteiger partial charge in [-0.25, -0.2) is 8.42 Å². The van der Waals surface area contributed by atoms with Gasteiger partial charge in [0.15, 0.2) is 0 Å². The Kier molecular flexibility index (Phi) is 6.42. The summed E-state index contributed by atoms with van der Waals surface area (Å²) < 4.78 is 35.1. The molecule has 5 nitrogen and oxygen atoms in total. The van der Waals surface area contributed by atoms with Crippen LogP contribution in [0.1, 0.15) is 5.56 Å². The first kappa shape index (κ1) is 15.2. The maximum atomic E-state index is 11.3. The van der Waals surface area contributed by atoms with E-state index in [9.17, 15) is 8.42 Å². The van der Waals surface area contributed by atoms with Crippen molar-refractivity contribution in [3.63, 3.8) is 0 Å². The molecule has 102 valence electrons. The molecule has 0 amide bonds. The Bertz CT molecular complexity index is 464. The number of ether oxygens (including phenoxy) is 2. The lowest BCUT2D eigenvalue weighted by Crippen LogP contribution is -2.13. The van der Waals surface area contributed by atoms with E-state index >= 15 is 0 Å². The topological polar surface area (TPSA) is 64.6 Å². The summed E-state index contributed by atoms with van der Waals surface area (Å²) in [7, 11) is -1.86. The van der Waals surface area contributed by atoms with Crippen molar-refractivity contribution in [2.45, 2.75) is 6.61 Å². The van der Waals surface area contributed by atoms with Crippen molar-refractivity contribution in [3.8, 4) is 0 Å². The second kappa shape index (κ2) is 7.58. The van der Waals surface area contributed by atoms with Gasteiger partial charge in [0.1, 0.15) is 5.21 Å². The average molecular weight is 294 g/mol. The Morgan fingerprint density at radius 1 is 1.33 bits per heavy atom. The molecule has 0 aliphatic rings. The standard InChI is InChI=1S/C11H16ClNO4S/c1-16-5-6-17-8-10-3-2-4-11(7-10)13-18(14,15)9-12/h2-4,7,13H,5-6,8-9H2,1H3. The van der Waals surface area contributed by atoms with Gasteiger partial charge in [-0.2, -0.15) is 0 Å². The second-order valence-corrected chi connectivity index (χ2v) is 5.88. The van der Waals surface area contributed by atoms with Gasteiger partial charge in [0.25, 0.3) is 0 Å². The third-order valence-electron chi connectivity index (χ3n) is 2.04. The number of hydrogen-bond donors (Lipinski definition) is 1. The molecule has 1 rings (SSSR count). The number of hydrogen-bond acceptors (Lipinski definition) is 4. The van der Waals surface area contributed by atoms with Crippen LogP contribution < -0.4 is 4.72 Å². The summed E-state index contributed by atoms with van der Waals surface area (Å²) in [6, 6.07) is 6.96. The van der Waals surface area contributed by atoms with Gasteiger partial charge in [-0.15, -0.1) is 11.6 Å². The van der Waals surface area contributed by atoms with Crippen molar-refractivity contribution >= 4 is 27.3 Å². The van der Waals surface area contributed by atoms with Crippen molar-refractivity contribution in [2.24, 2.45) is 0 Å². The smallest absolute Gasteiger partial charge is 0.246 e. The number of rotatable bonds is 8. The second-order valence-electron chi connectivity index (χ2n) is 3.57. The number of sulfonamides is 1. The summed E-state index contributed by atoms with van der Waals surface area (Å²) in [5.74, 6) is 0. The fourth-order valence-corrected chi connectivity index (χ4v) is 1.97. The molecule has 0 saturated carbocycles. The van der Waals surface area contributed by atoms with Gasteiger partial charge in [-0.05, 0) is 17.7 Å². The predicted molar refractivity (Wildman–Crippen MR) is 71.2 cm³/mol. The Balaban J connectivity index is 2.57. The molecule has 1 N–H and O–H groups in total. The van der Waals surface area contributed by atoms with Crippen LogP contribution in [0.25, 0.3) is 0 Å². The zero-order chi connectivity index (χ0) is 13.4. The molecule has 1 aromatic carbocycles. The van der Waals surface area contributed by atoms with E-state index in [1.807, 2.05) is 6.07 Å². The maximum Gasteiger partial charge on any atom is 0.246 e. The first-order chi connectivity index (χ1) is 8.57. The van der Waals surface area contributed by atoms with Crippen LogP contribution in [0.3, 0.4) is 0 Å². The van der Waals surface area contributed by atoms with E-state index in [0.29, 0.717) is 25.5 Å². The summed E-state index contributed by atoms with van der Waals surface area (Å²) in [4.78, 5) is 0. The van der Waals surface area contributed by atoms with Crippen molar-refractivity contribution in [1.29, 1.82) is 0 Å². The molecule has 0 aliphatic heterocycles. The molecular weight excluding hydrogens is 278 g/mol. The molecule has 0 unspecified atom stereocenters. The van der Waals surface area contributed by atoms with Gasteiger partial charge in [-0.3, -0.25) is 4.72 Å². The molecule has 0 bridgehead atoms. The molecule has 1 aromatic rings. The summed E-state index contributed by atoms with van der Waals surface area (Å²) in [5, 5.41) is -0.471. The van der Waals surface area contributed by atoms with Gasteiger partial charge >= 0.3 is 0 Å². The van der Waals surface area contributed by atoms with Crippen LogP contribution >= 0.6 is 11.6 Å². The summed E-state index contributed by atoms with van der Waals surface area (Å²) in [5.41, 5.74) is 1.35. The largest absolute Gasteiger partial charge is 0.382 e. The summed E-state index contributed by atoms with van der Waals surface area (Å²) >= 11 is 5.31. The van der Waals surface area contributed by atoms with Crippen LogP contribution in [0, 0.1) is 0 Å². The highest BCUT2D eigenvalue weighted by atomic mass is 35.5. The summed E-state index contributed by atoms with van der Waals surface area (Å²) in [6.07, 6.45) is 0. The first-order valence-corrected chi connectivity index (χ1v) is 7.48. The van der Waals surface area contributed by atoms with E-state index in [1.54, 1.807) is 25.3 Å². The lowest BCUT2D eigenvalue weighted by atomic mass is 10.2. The monoisotopic (exact) mass is 293 g/mol. The van der Waals surface area contributed by atoms with Crippen LogP contribution in [0.15, 0.2) is 24.3 Å². The molecule has 0 aromatic heterocycles. The van der Waals surface area contributed by atoms with E-state index in [-0.39, 0.29) is 0 Å². The van der Waals surface area contributed by atoms with E-state index < -0.39 is 15.2 Å². The van der Waals surface area contributed by atoms with Crippen LogP contribution in [-0.2, 0) is 26.1 Å². The molecule has 0 atom stereocenters. The van der Waals surface area contributed by atoms with Crippen molar-refractivity contribution < 1.29 is 17.9 Å². The Labute approximate surface area is 112 Å². The zero-order valence-corrected chi connectivity index (χ0v) is 11.6. The van der Waals surface area contributed by atoms with Crippen molar-refractivity contribution in [1.82, 2.24) is 0 Å². The molecule has 0 spiro atoms. The summed E-state index contributed by atoms with van der Waals surface area (Å²) in [6.45, 7) is 1.42. The lowest BCUT2D eigenvalue weighted by molar-refractivity contribution is 0.0617. The van der Waals surface area contributed by atoms with Gasteiger partial charge in [0, 0.05) is 12.8 Å².